The Kier molecular flexibility index (Phi) is 3.12. The Morgan fingerprint density at radius 2 is 2.12 bits per heavy atom. The first-order valence-corrected chi connectivity index (χ1v) is 5.93. The second kappa shape index (κ2) is 4.39. The number of hydrogen-bond donors (Lipinski definition) is 2. The molecule has 0 saturated heterocycles. The minimum atomic E-state index is 0.492. The van der Waals surface area contributed by atoms with Gasteiger partial charge in [-0.1, -0.05) is 22.0 Å². The fraction of sp³-hybridized carbons (Fsp3) is 0.250. The van der Waals surface area contributed by atoms with Crippen LogP contribution in [0, 0.1) is 13.8 Å². The fourth-order valence-electron chi connectivity index (χ4n) is 1.74. The zero-order valence-corrected chi connectivity index (χ0v) is 10.9. The van der Waals surface area contributed by atoms with Crippen molar-refractivity contribution in [2.24, 2.45) is 5.73 Å². The summed E-state index contributed by atoms with van der Waals surface area (Å²) in [5.41, 5.74) is 11.1. The molecule has 0 fully saturated rings. The maximum absolute atomic E-state index is 5.63. The molecule has 84 valence electrons. The first-order valence-electron chi connectivity index (χ1n) is 5.14. The summed E-state index contributed by atoms with van der Waals surface area (Å²) in [4.78, 5) is 0. The van der Waals surface area contributed by atoms with Gasteiger partial charge in [0, 0.05) is 16.6 Å². The number of nitrogens with two attached hydrogens (primary N) is 1. The summed E-state index contributed by atoms with van der Waals surface area (Å²) >= 11 is 3.48. The molecule has 3 nitrogen and oxygen atoms in total. The standard InChI is InChI=1S/C12H14BrN3/c1-7-3-4-9(13)5-10(7)12-8(2)11(6-14)15-16-12/h3-5H,6,14H2,1-2H3,(H,15,16). The average Bonchev–Trinajstić information content (AvgIpc) is 2.63. The number of hydrogen-bond acceptors (Lipinski definition) is 2. The summed E-state index contributed by atoms with van der Waals surface area (Å²) in [7, 11) is 0. The number of rotatable bonds is 2. The highest BCUT2D eigenvalue weighted by atomic mass is 79.9. The first-order chi connectivity index (χ1) is 7.63. The summed E-state index contributed by atoms with van der Waals surface area (Å²) in [6, 6.07) is 6.19. The second-order valence-corrected chi connectivity index (χ2v) is 4.75. The number of halogens is 1. The topological polar surface area (TPSA) is 54.7 Å². The second-order valence-electron chi connectivity index (χ2n) is 3.84. The zero-order chi connectivity index (χ0) is 11.7. The van der Waals surface area contributed by atoms with E-state index in [4.69, 9.17) is 5.73 Å². The SMILES string of the molecule is Cc1ccc(Br)cc1-c1n[nH]c(CN)c1C. The minimum Gasteiger partial charge on any atom is -0.325 e. The van der Waals surface area contributed by atoms with Crippen LogP contribution in [0.25, 0.3) is 11.3 Å². The number of nitrogens with zero attached hydrogens (tertiary/aromatic N) is 1. The summed E-state index contributed by atoms with van der Waals surface area (Å²) in [6.45, 7) is 4.62. The van der Waals surface area contributed by atoms with Crippen LogP contribution in [-0.2, 0) is 6.54 Å². The Morgan fingerprint density at radius 1 is 1.38 bits per heavy atom. The van der Waals surface area contributed by atoms with Gasteiger partial charge in [0.15, 0.2) is 0 Å². The number of aromatic amines is 1. The molecular formula is C12H14BrN3. The molecule has 3 N–H and O–H groups in total. The van der Waals surface area contributed by atoms with Crippen molar-refractivity contribution in [3.05, 3.63) is 39.5 Å². The van der Waals surface area contributed by atoms with Gasteiger partial charge in [-0.25, -0.2) is 0 Å². The molecule has 0 spiro atoms. The molecule has 0 atom stereocenters. The van der Waals surface area contributed by atoms with Gasteiger partial charge in [0.1, 0.15) is 0 Å². The maximum Gasteiger partial charge on any atom is 0.0956 e. The molecule has 16 heavy (non-hydrogen) atoms. The maximum atomic E-state index is 5.63. The Morgan fingerprint density at radius 3 is 2.75 bits per heavy atom. The van der Waals surface area contributed by atoms with E-state index >= 15 is 0 Å². The van der Waals surface area contributed by atoms with E-state index < -0.39 is 0 Å². The van der Waals surface area contributed by atoms with E-state index in [0.29, 0.717) is 6.54 Å². The van der Waals surface area contributed by atoms with Crippen molar-refractivity contribution in [2.75, 3.05) is 0 Å². The Bertz CT molecular complexity index is 517. The highest BCUT2D eigenvalue weighted by Gasteiger charge is 2.11. The molecule has 0 saturated carbocycles. The van der Waals surface area contributed by atoms with Crippen molar-refractivity contribution in [1.29, 1.82) is 0 Å². The van der Waals surface area contributed by atoms with E-state index in [0.717, 1.165) is 27.0 Å². The van der Waals surface area contributed by atoms with Gasteiger partial charge in [-0.2, -0.15) is 5.10 Å². The van der Waals surface area contributed by atoms with Crippen LogP contribution >= 0.6 is 15.9 Å². The van der Waals surface area contributed by atoms with Gasteiger partial charge < -0.3 is 5.73 Å². The lowest BCUT2D eigenvalue weighted by Gasteiger charge is -2.04. The molecule has 0 aliphatic heterocycles. The van der Waals surface area contributed by atoms with E-state index in [2.05, 4.69) is 45.2 Å². The van der Waals surface area contributed by atoms with E-state index in [1.54, 1.807) is 0 Å². The molecule has 0 bridgehead atoms. The van der Waals surface area contributed by atoms with Gasteiger partial charge >= 0.3 is 0 Å². The van der Waals surface area contributed by atoms with Gasteiger partial charge in [-0.3, -0.25) is 5.10 Å². The van der Waals surface area contributed by atoms with Crippen molar-refractivity contribution in [2.45, 2.75) is 20.4 Å². The molecular weight excluding hydrogens is 266 g/mol. The Labute approximate surface area is 103 Å². The molecule has 4 heteroatoms. The molecule has 2 aromatic rings. The van der Waals surface area contributed by atoms with Crippen LogP contribution in [0.1, 0.15) is 16.8 Å². The van der Waals surface area contributed by atoms with Crippen LogP contribution in [-0.4, -0.2) is 10.2 Å². The van der Waals surface area contributed by atoms with Crippen LogP contribution in [0.3, 0.4) is 0 Å². The Hall–Kier alpha value is -1.13. The molecule has 1 aromatic heterocycles. The number of nitrogens with one attached hydrogen (secondary N) is 1. The summed E-state index contributed by atoms with van der Waals surface area (Å²) in [6.07, 6.45) is 0. The fourth-order valence-corrected chi connectivity index (χ4v) is 2.11. The molecule has 2 rings (SSSR count). The molecule has 1 heterocycles. The quantitative estimate of drug-likeness (QED) is 0.888. The van der Waals surface area contributed by atoms with Crippen molar-refractivity contribution in [3.63, 3.8) is 0 Å². The van der Waals surface area contributed by atoms with Crippen molar-refractivity contribution < 1.29 is 0 Å². The van der Waals surface area contributed by atoms with Gasteiger partial charge in [0.25, 0.3) is 0 Å². The third-order valence-electron chi connectivity index (χ3n) is 2.77. The van der Waals surface area contributed by atoms with Gasteiger partial charge in [-0.05, 0) is 37.1 Å². The number of aromatic nitrogens is 2. The molecule has 0 radical (unpaired) electrons. The van der Waals surface area contributed by atoms with Crippen LogP contribution in [0.15, 0.2) is 22.7 Å². The zero-order valence-electron chi connectivity index (χ0n) is 9.34. The lowest BCUT2D eigenvalue weighted by atomic mass is 10.0. The third kappa shape index (κ3) is 1.90. The molecule has 0 aliphatic carbocycles. The molecule has 0 amide bonds. The van der Waals surface area contributed by atoms with E-state index in [1.807, 2.05) is 13.0 Å². The lowest BCUT2D eigenvalue weighted by molar-refractivity contribution is 0.941. The van der Waals surface area contributed by atoms with Crippen LogP contribution in [0.5, 0.6) is 0 Å². The van der Waals surface area contributed by atoms with Crippen LogP contribution in [0.2, 0.25) is 0 Å². The smallest absolute Gasteiger partial charge is 0.0956 e. The molecule has 0 aliphatic rings. The monoisotopic (exact) mass is 279 g/mol. The number of H-pyrrole nitrogens is 1. The number of aryl methyl sites for hydroxylation is 1. The third-order valence-corrected chi connectivity index (χ3v) is 3.26. The van der Waals surface area contributed by atoms with Gasteiger partial charge in [0.2, 0.25) is 0 Å². The number of benzene rings is 1. The minimum absolute atomic E-state index is 0.492. The van der Waals surface area contributed by atoms with E-state index in [-0.39, 0.29) is 0 Å². The van der Waals surface area contributed by atoms with Crippen molar-refractivity contribution >= 4 is 15.9 Å². The molecule has 0 unspecified atom stereocenters. The van der Waals surface area contributed by atoms with Crippen molar-refractivity contribution in [3.8, 4) is 11.3 Å². The lowest BCUT2D eigenvalue weighted by Crippen LogP contribution is -1.98. The highest BCUT2D eigenvalue weighted by Crippen LogP contribution is 2.28. The molecule has 1 aromatic carbocycles. The van der Waals surface area contributed by atoms with E-state index in [9.17, 15) is 0 Å². The van der Waals surface area contributed by atoms with Crippen LogP contribution < -0.4 is 5.73 Å². The summed E-state index contributed by atoms with van der Waals surface area (Å²) in [5, 5.41) is 7.31. The predicted octanol–water partition coefficient (Wildman–Crippen LogP) is 2.91. The van der Waals surface area contributed by atoms with Gasteiger partial charge in [-0.15, -0.1) is 0 Å². The normalized spacial score (nSPS) is 10.8. The Balaban J connectivity index is 2.58. The first kappa shape index (κ1) is 11.4. The predicted molar refractivity (Wildman–Crippen MR) is 69.1 cm³/mol. The van der Waals surface area contributed by atoms with E-state index in [1.165, 1.54) is 5.56 Å². The van der Waals surface area contributed by atoms with Crippen LogP contribution in [0.4, 0.5) is 0 Å². The summed E-state index contributed by atoms with van der Waals surface area (Å²) in [5.74, 6) is 0. The highest BCUT2D eigenvalue weighted by molar-refractivity contribution is 9.10. The van der Waals surface area contributed by atoms with Crippen molar-refractivity contribution in [1.82, 2.24) is 10.2 Å². The average molecular weight is 280 g/mol. The summed E-state index contributed by atoms with van der Waals surface area (Å²) < 4.78 is 1.06. The van der Waals surface area contributed by atoms with Gasteiger partial charge in [0.05, 0.1) is 11.4 Å². The largest absolute Gasteiger partial charge is 0.325 e.